The second-order valence-corrected chi connectivity index (χ2v) is 5.25. The van der Waals surface area contributed by atoms with Crippen LogP contribution in [-0.2, 0) is 0 Å². The van der Waals surface area contributed by atoms with E-state index < -0.39 is 0 Å². The molecule has 0 atom stereocenters. The van der Waals surface area contributed by atoms with Crippen LogP contribution in [0.15, 0.2) is 48.8 Å². The minimum Gasteiger partial charge on any atom is -0.329 e. The van der Waals surface area contributed by atoms with Crippen LogP contribution in [0.1, 0.15) is 0 Å². The molecule has 7 heteroatoms. The van der Waals surface area contributed by atoms with Crippen LogP contribution in [0.2, 0.25) is 0 Å². The third-order valence-corrected chi connectivity index (χ3v) is 3.77. The third kappa shape index (κ3) is 2.21. The zero-order chi connectivity index (χ0) is 16.0. The number of hydrogen-bond acceptors (Lipinski definition) is 4. The van der Waals surface area contributed by atoms with E-state index in [4.69, 9.17) is 7.85 Å². The van der Waals surface area contributed by atoms with E-state index in [-0.39, 0.29) is 5.82 Å². The molecule has 0 saturated heterocycles. The molecule has 23 heavy (non-hydrogen) atoms. The quantitative estimate of drug-likeness (QED) is 0.531. The van der Waals surface area contributed by atoms with Crippen molar-refractivity contribution in [2.24, 2.45) is 0 Å². The first-order valence-electron chi connectivity index (χ1n) is 7.02. The van der Waals surface area contributed by atoms with Gasteiger partial charge < -0.3 is 4.90 Å². The van der Waals surface area contributed by atoms with E-state index in [9.17, 15) is 4.39 Å². The van der Waals surface area contributed by atoms with E-state index in [2.05, 4.69) is 15.2 Å². The van der Waals surface area contributed by atoms with E-state index in [1.807, 2.05) is 36.2 Å². The molecule has 0 amide bonds. The number of aromatic nitrogens is 4. The van der Waals surface area contributed by atoms with Gasteiger partial charge in [0.15, 0.2) is 0 Å². The summed E-state index contributed by atoms with van der Waals surface area (Å²) in [5.74, 6) is 0.717. The molecule has 0 aliphatic rings. The van der Waals surface area contributed by atoms with Crippen molar-refractivity contribution >= 4 is 41.5 Å². The summed E-state index contributed by atoms with van der Waals surface area (Å²) in [7, 11) is 7.71. The Kier molecular flexibility index (Phi) is 3.01. The Balaban J connectivity index is 2.02. The molecule has 0 aliphatic carbocycles. The molecule has 110 valence electrons. The van der Waals surface area contributed by atoms with Crippen LogP contribution in [0.3, 0.4) is 0 Å². The number of fused-ring (bicyclic) bond motifs is 3. The van der Waals surface area contributed by atoms with Gasteiger partial charge in [0.1, 0.15) is 25.8 Å². The molecular formula is C16H11BFN5. The molecule has 4 rings (SSSR count). The Morgan fingerprint density at radius 1 is 1.17 bits per heavy atom. The normalized spacial score (nSPS) is 11.2. The smallest absolute Gasteiger partial charge is 0.257 e. The highest BCUT2D eigenvalue weighted by atomic mass is 19.1. The molecule has 0 saturated carbocycles. The summed E-state index contributed by atoms with van der Waals surface area (Å²) in [6.07, 6.45) is 1.56. The van der Waals surface area contributed by atoms with Gasteiger partial charge in [0.05, 0.1) is 5.52 Å². The summed E-state index contributed by atoms with van der Waals surface area (Å²) >= 11 is 0. The molecule has 2 aromatic heterocycles. The van der Waals surface area contributed by atoms with Gasteiger partial charge in [0.2, 0.25) is 0 Å². The van der Waals surface area contributed by atoms with Gasteiger partial charge in [-0.15, -0.1) is 10.2 Å². The Hall–Kier alpha value is -2.96. The monoisotopic (exact) mass is 303 g/mol. The van der Waals surface area contributed by atoms with Crippen molar-refractivity contribution in [3.05, 3.63) is 54.6 Å². The highest BCUT2D eigenvalue weighted by Gasteiger charge is 2.15. The lowest BCUT2D eigenvalue weighted by molar-refractivity contribution is 0.629. The van der Waals surface area contributed by atoms with Gasteiger partial charge >= 0.3 is 0 Å². The molecule has 2 heterocycles. The first kappa shape index (κ1) is 13.7. The number of rotatable bonds is 2. The van der Waals surface area contributed by atoms with Crippen LogP contribution in [0.25, 0.3) is 16.7 Å². The van der Waals surface area contributed by atoms with Crippen molar-refractivity contribution in [1.82, 2.24) is 19.6 Å². The van der Waals surface area contributed by atoms with Gasteiger partial charge in [-0.25, -0.2) is 4.39 Å². The lowest BCUT2D eigenvalue weighted by Gasteiger charge is -2.21. The van der Waals surface area contributed by atoms with Crippen molar-refractivity contribution < 1.29 is 4.39 Å². The summed E-state index contributed by atoms with van der Waals surface area (Å²) in [6.45, 7) is 0. The Morgan fingerprint density at radius 3 is 2.87 bits per heavy atom. The molecular weight excluding hydrogens is 292 g/mol. The molecule has 4 aromatic rings. The lowest BCUT2D eigenvalue weighted by Crippen LogP contribution is -2.15. The number of hydrogen-bond donors (Lipinski definition) is 0. The zero-order valence-corrected chi connectivity index (χ0v) is 12.3. The summed E-state index contributed by atoms with van der Waals surface area (Å²) in [6, 6.07) is 12.0. The predicted octanol–water partition coefficient (Wildman–Crippen LogP) is 1.98. The summed E-state index contributed by atoms with van der Waals surface area (Å²) in [4.78, 5) is 6.37. The van der Waals surface area contributed by atoms with Gasteiger partial charge in [0, 0.05) is 18.1 Å². The average molecular weight is 303 g/mol. The third-order valence-electron chi connectivity index (χ3n) is 3.77. The van der Waals surface area contributed by atoms with Gasteiger partial charge in [-0.1, -0.05) is 17.6 Å². The minimum absolute atomic E-state index is 0.325. The average Bonchev–Trinajstić information content (AvgIpc) is 3.01. The van der Waals surface area contributed by atoms with Crippen LogP contribution in [0, 0.1) is 5.82 Å². The molecule has 0 spiro atoms. The number of nitrogens with zero attached hydrogens (tertiary/aromatic N) is 5. The molecule has 5 nitrogen and oxygen atoms in total. The highest BCUT2D eigenvalue weighted by Crippen LogP contribution is 2.30. The summed E-state index contributed by atoms with van der Waals surface area (Å²) < 4.78 is 15.5. The maximum atomic E-state index is 13.8. The predicted molar refractivity (Wildman–Crippen MR) is 88.1 cm³/mol. The second kappa shape index (κ2) is 5.05. The molecule has 2 aromatic carbocycles. The van der Waals surface area contributed by atoms with E-state index in [0.29, 0.717) is 22.4 Å². The SMILES string of the molecule is [B]c1cccc(N(C)c2nc3nncn3c3ccc(F)cc23)c1. The van der Waals surface area contributed by atoms with Crippen LogP contribution in [-0.4, -0.2) is 34.5 Å². The largest absolute Gasteiger partial charge is 0.329 e. The van der Waals surface area contributed by atoms with E-state index in [0.717, 1.165) is 11.2 Å². The Bertz CT molecular complexity index is 1030. The molecule has 2 radical (unpaired) electrons. The van der Waals surface area contributed by atoms with Gasteiger partial charge in [-0.05, 0) is 30.3 Å². The van der Waals surface area contributed by atoms with Crippen LogP contribution in [0.5, 0.6) is 0 Å². The topological polar surface area (TPSA) is 46.3 Å². The van der Waals surface area contributed by atoms with Crippen molar-refractivity contribution in [1.29, 1.82) is 0 Å². The van der Waals surface area contributed by atoms with Crippen LogP contribution in [0.4, 0.5) is 15.9 Å². The maximum absolute atomic E-state index is 13.8. The molecule has 0 aliphatic heterocycles. The van der Waals surface area contributed by atoms with Gasteiger partial charge in [-0.3, -0.25) is 4.40 Å². The first-order valence-corrected chi connectivity index (χ1v) is 7.02. The van der Waals surface area contributed by atoms with E-state index in [1.165, 1.54) is 12.1 Å². The fourth-order valence-corrected chi connectivity index (χ4v) is 2.64. The van der Waals surface area contributed by atoms with Crippen molar-refractivity contribution in [3.63, 3.8) is 0 Å². The molecule has 0 bridgehead atoms. The fraction of sp³-hybridized carbons (Fsp3) is 0.0625. The van der Waals surface area contributed by atoms with Crippen LogP contribution >= 0.6 is 0 Å². The van der Waals surface area contributed by atoms with Crippen molar-refractivity contribution in [2.45, 2.75) is 0 Å². The van der Waals surface area contributed by atoms with Gasteiger partial charge in [-0.2, -0.15) is 4.98 Å². The minimum atomic E-state index is -0.325. The highest BCUT2D eigenvalue weighted by molar-refractivity contribution is 6.32. The number of halogens is 1. The van der Waals surface area contributed by atoms with Crippen LogP contribution < -0.4 is 10.4 Å². The molecule has 0 fully saturated rings. The summed E-state index contributed by atoms with van der Waals surface area (Å²) in [5.41, 5.74) is 2.28. The Labute approximate surface area is 132 Å². The fourth-order valence-electron chi connectivity index (χ4n) is 2.64. The van der Waals surface area contributed by atoms with E-state index >= 15 is 0 Å². The summed E-state index contributed by atoms with van der Waals surface area (Å²) in [5, 5.41) is 8.55. The van der Waals surface area contributed by atoms with Crippen molar-refractivity contribution in [2.75, 3.05) is 11.9 Å². The molecule has 0 N–H and O–H groups in total. The first-order chi connectivity index (χ1) is 11.1. The maximum Gasteiger partial charge on any atom is 0.257 e. The zero-order valence-electron chi connectivity index (χ0n) is 12.3. The van der Waals surface area contributed by atoms with Gasteiger partial charge in [0.25, 0.3) is 5.78 Å². The van der Waals surface area contributed by atoms with E-state index in [1.54, 1.807) is 16.8 Å². The standard InChI is InChI=1S/C16H11BFN5/c1-22(12-4-2-3-10(17)7-12)15-13-8-11(18)5-6-14(13)23-9-19-21-16(23)20-15/h2-9H,1H3. The number of anilines is 2. The number of benzene rings is 2. The lowest BCUT2D eigenvalue weighted by atomic mass is 9.96. The molecule has 0 unspecified atom stereocenters. The second-order valence-electron chi connectivity index (χ2n) is 5.25. The van der Waals surface area contributed by atoms with Crippen molar-refractivity contribution in [3.8, 4) is 0 Å². The Morgan fingerprint density at radius 2 is 2.04 bits per heavy atom.